The molecule has 24 heavy (non-hydrogen) atoms. The Morgan fingerprint density at radius 3 is 2.75 bits per heavy atom. The molecule has 0 radical (unpaired) electrons. The van der Waals surface area contributed by atoms with Crippen LogP contribution < -0.4 is 10.1 Å². The number of benzene rings is 2. The maximum absolute atomic E-state index is 12.6. The zero-order valence-corrected chi connectivity index (χ0v) is 14.5. The van der Waals surface area contributed by atoms with Crippen molar-refractivity contribution in [2.75, 3.05) is 12.9 Å². The maximum atomic E-state index is 12.6. The predicted octanol–water partition coefficient (Wildman–Crippen LogP) is 3.00. The number of hydrogen-bond acceptors (Lipinski definition) is 4. The normalized spacial score (nSPS) is 16.8. The Kier molecular flexibility index (Phi) is 4.51. The van der Waals surface area contributed by atoms with Crippen LogP contribution in [-0.4, -0.2) is 27.2 Å². The van der Waals surface area contributed by atoms with Crippen molar-refractivity contribution in [3.63, 3.8) is 0 Å². The number of fused-ring (bicyclic) bond motifs is 1. The van der Waals surface area contributed by atoms with Gasteiger partial charge in [0, 0.05) is 18.2 Å². The Balaban J connectivity index is 1.89. The van der Waals surface area contributed by atoms with Gasteiger partial charge in [0.15, 0.2) is 9.84 Å². The molecule has 7 heteroatoms. The summed E-state index contributed by atoms with van der Waals surface area (Å²) in [5.41, 5.74) is 1.04. The SMILES string of the molecule is CS(=O)(=O)c1ccc(Cl)c(C(=O)N[C@H]2CCOc3ccccc32)c1. The summed E-state index contributed by atoms with van der Waals surface area (Å²) < 4.78 is 28.9. The molecule has 0 aliphatic carbocycles. The summed E-state index contributed by atoms with van der Waals surface area (Å²) in [6.45, 7) is 0.499. The van der Waals surface area contributed by atoms with Crippen molar-refractivity contribution < 1.29 is 17.9 Å². The van der Waals surface area contributed by atoms with E-state index in [2.05, 4.69) is 5.32 Å². The number of carbonyl (C=O) groups is 1. The van der Waals surface area contributed by atoms with Gasteiger partial charge in [-0.1, -0.05) is 29.8 Å². The molecule has 0 aromatic heterocycles. The third kappa shape index (κ3) is 3.39. The van der Waals surface area contributed by atoms with Gasteiger partial charge in [-0.05, 0) is 24.3 Å². The molecular formula is C17H16ClNO4S. The summed E-state index contributed by atoms with van der Waals surface area (Å²) in [4.78, 5) is 12.7. The highest BCUT2D eigenvalue weighted by Gasteiger charge is 2.24. The summed E-state index contributed by atoms with van der Waals surface area (Å²) in [7, 11) is -3.42. The lowest BCUT2D eigenvalue weighted by Crippen LogP contribution is -2.32. The van der Waals surface area contributed by atoms with Crippen molar-refractivity contribution in [3.8, 4) is 5.75 Å². The van der Waals surface area contributed by atoms with Crippen LogP contribution in [0.2, 0.25) is 5.02 Å². The number of hydrogen-bond donors (Lipinski definition) is 1. The van der Waals surface area contributed by atoms with Crippen LogP contribution >= 0.6 is 11.6 Å². The minimum absolute atomic E-state index is 0.0597. The van der Waals surface area contributed by atoms with E-state index in [-0.39, 0.29) is 21.5 Å². The first-order valence-corrected chi connectivity index (χ1v) is 9.65. The number of ether oxygens (including phenoxy) is 1. The molecule has 0 unspecified atom stereocenters. The number of rotatable bonds is 3. The van der Waals surface area contributed by atoms with Crippen molar-refractivity contribution in [1.29, 1.82) is 0 Å². The molecule has 126 valence electrons. The third-order valence-electron chi connectivity index (χ3n) is 3.87. The lowest BCUT2D eigenvalue weighted by atomic mass is 10.00. The van der Waals surface area contributed by atoms with Gasteiger partial charge in [-0.3, -0.25) is 4.79 Å². The van der Waals surface area contributed by atoms with Gasteiger partial charge in [0.25, 0.3) is 5.91 Å². The van der Waals surface area contributed by atoms with Gasteiger partial charge in [0.2, 0.25) is 0 Å². The Morgan fingerprint density at radius 1 is 1.25 bits per heavy atom. The number of para-hydroxylation sites is 1. The molecule has 3 rings (SSSR count). The molecule has 1 atom stereocenters. The summed E-state index contributed by atoms with van der Waals surface area (Å²) >= 11 is 6.08. The van der Waals surface area contributed by atoms with Gasteiger partial charge < -0.3 is 10.1 Å². The number of carbonyl (C=O) groups excluding carboxylic acids is 1. The largest absolute Gasteiger partial charge is 0.493 e. The molecule has 2 aromatic rings. The molecule has 0 saturated carbocycles. The fourth-order valence-electron chi connectivity index (χ4n) is 2.64. The Bertz CT molecular complexity index is 895. The molecule has 5 nitrogen and oxygen atoms in total. The minimum Gasteiger partial charge on any atom is -0.493 e. The van der Waals surface area contributed by atoms with E-state index < -0.39 is 15.7 Å². The molecule has 1 aliphatic rings. The first kappa shape index (κ1) is 16.8. The van der Waals surface area contributed by atoms with E-state index in [0.717, 1.165) is 17.6 Å². The molecule has 0 bridgehead atoms. The van der Waals surface area contributed by atoms with Gasteiger partial charge in [0.1, 0.15) is 5.75 Å². The lowest BCUT2D eigenvalue weighted by Gasteiger charge is -2.26. The first-order valence-electron chi connectivity index (χ1n) is 7.38. The summed E-state index contributed by atoms with van der Waals surface area (Å²) in [5.74, 6) is 0.331. The highest BCUT2D eigenvalue weighted by atomic mass is 35.5. The van der Waals surface area contributed by atoms with Crippen molar-refractivity contribution in [2.45, 2.75) is 17.4 Å². The van der Waals surface area contributed by atoms with E-state index in [9.17, 15) is 13.2 Å². The number of nitrogens with one attached hydrogen (secondary N) is 1. The lowest BCUT2D eigenvalue weighted by molar-refractivity contribution is 0.0924. The van der Waals surface area contributed by atoms with Crippen LogP contribution in [0.4, 0.5) is 0 Å². The average Bonchev–Trinajstić information content (AvgIpc) is 2.54. The predicted molar refractivity (Wildman–Crippen MR) is 91.3 cm³/mol. The van der Waals surface area contributed by atoms with Crippen molar-refractivity contribution in [2.24, 2.45) is 0 Å². The van der Waals surface area contributed by atoms with E-state index in [0.29, 0.717) is 13.0 Å². The number of sulfone groups is 1. The second kappa shape index (κ2) is 6.45. The monoisotopic (exact) mass is 365 g/mol. The van der Waals surface area contributed by atoms with E-state index in [1.165, 1.54) is 18.2 Å². The standard InChI is InChI=1S/C17H16ClNO4S/c1-24(21,22)11-6-7-14(18)13(10-11)17(20)19-15-8-9-23-16-5-3-2-4-12(15)16/h2-7,10,15H,8-9H2,1H3,(H,19,20)/t15-/m0/s1. The maximum Gasteiger partial charge on any atom is 0.253 e. The molecule has 1 N–H and O–H groups in total. The van der Waals surface area contributed by atoms with E-state index in [1.807, 2.05) is 24.3 Å². The molecular weight excluding hydrogens is 350 g/mol. The fourth-order valence-corrected chi connectivity index (χ4v) is 3.49. The molecule has 1 amide bonds. The van der Waals surface area contributed by atoms with Crippen LogP contribution in [0.3, 0.4) is 0 Å². The van der Waals surface area contributed by atoms with Crippen LogP contribution in [0.1, 0.15) is 28.4 Å². The van der Waals surface area contributed by atoms with Crippen LogP contribution in [0, 0.1) is 0 Å². The highest BCUT2D eigenvalue weighted by Crippen LogP contribution is 2.32. The summed E-state index contributed by atoms with van der Waals surface area (Å²) in [6.07, 6.45) is 1.72. The van der Waals surface area contributed by atoms with Crippen molar-refractivity contribution in [3.05, 3.63) is 58.6 Å². The quantitative estimate of drug-likeness (QED) is 0.907. The van der Waals surface area contributed by atoms with Crippen LogP contribution in [0.5, 0.6) is 5.75 Å². The molecule has 1 heterocycles. The molecule has 0 fully saturated rings. The fraction of sp³-hybridized carbons (Fsp3) is 0.235. The van der Waals surface area contributed by atoms with Crippen LogP contribution in [0.15, 0.2) is 47.4 Å². The Morgan fingerprint density at radius 2 is 2.00 bits per heavy atom. The minimum atomic E-state index is -3.42. The Labute approximate surface area is 145 Å². The van der Waals surface area contributed by atoms with E-state index in [4.69, 9.17) is 16.3 Å². The third-order valence-corrected chi connectivity index (χ3v) is 5.31. The van der Waals surface area contributed by atoms with E-state index in [1.54, 1.807) is 0 Å². The topological polar surface area (TPSA) is 72.5 Å². The highest BCUT2D eigenvalue weighted by molar-refractivity contribution is 7.90. The average molecular weight is 366 g/mol. The van der Waals surface area contributed by atoms with Gasteiger partial charge in [-0.25, -0.2) is 8.42 Å². The number of halogens is 1. The van der Waals surface area contributed by atoms with Crippen LogP contribution in [0.25, 0.3) is 0 Å². The van der Waals surface area contributed by atoms with Gasteiger partial charge in [-0.2, -0.15) is 0 Å². The zero-order chi connectivity index (χ0) is 17.3. The molecule has 1 aliphatic heterocycles. The summed E-state index contributed by atoms with van der Waals surface area (Å²) in [6, 6.07) is 11.4. The number of amides is 1. The first-order chi connectivity index (χ1) is 11.4. The van der Waals surface area contributed by atoms with Crippen molar-refractivity contribution in [1.82, 2.24) is 5.32 Å². The second-order valence-electron chi connectivity index (χ2n) is 5.61. The smallest absolute Gasteiger partial charge is 0.253 e. The second-order valence-corrected chi connectivity index (χ2v) is 8.04. The van der Waals surface area contributed by atoms with Crippen LogP contribution in [-0.2, 0) is 9.84 Å². The Hall–Kier alpha value is -2.05. The van der Waals surface area contributed by atoms with Gasteiger partial charge >= 0.3 is 0 Å². The summed E-state index contributed by atoms with van der Waals surface area (Å²) in [5, 5.41) is 3.12. The van der Waals surface area contributed by atoms with Crippen molar-refractivity contribution >= 4 is 27.3 Å². The molecule has 2 aromatic carbocycles. The van der Waals surface area contributed by atoms with E-state index >= 15 is 0 Å². The molecule has 0 spiro atoms. The van der Waals surface area contributed by atoms with Gasteiger partial charge in [0.05, 0.1) is 28.1 Å². The zero-order valence-electron chi connectivity index (χ0n) is 13.0. The molecule has 0 saturated heterocycles. The van der Waals surface area contributed by atoms with Gasteiger partial charge in [-0.15, -0.1) is 0 Å².